The van der Waals surface area contributed by atoms with Crippen molar-refractivity contribution in [2.45, 2.75) is 6.42 Å². The number of rotatable bonds is 4. The molecule has 54 valence electrons. The number of hydrogen-bond acceptors (Lipinski definition) is 3. The lowest BCUT2D eigenvalue weighted by molar-refractivity contribution is -0.480. The average molecular weight is 140 g/mol. The molecule has 0 fully saturated rings. The van der Waals surface area contributed by atoms with Crippen LogP contribution in [-0.4, -0.2) is 11.5 Å². The van der Waals surface area contributed by atoms with Gasteiger partial charge in [0.25, 0.3) is 0 Å². The molecule has 0 aliphatic heterocycles. The second kappa shape index (κ2) is 4.50. The van der Waals surface area contributed by atoms with Crippen LogP contribution in [0.15, 0.2) is 12.7 Å². The van der Waals surface area contributed by atoms with Crippen molar-refractivity contribution in [1.29, 1.82) is 5.26 Å². The summed E-state index contributed by atoms with van der Waals surface area (Å²) in [5.41, 5.74) is 0. The third kappa shape index (κ3) is 3.61. The largest absolute Gasteiger partial charge is 0.265 e. The van der Waals surface area contributed by atoms with Gasteiger partial charge in [-0.1, -0.05) is 6.08 Å². The Bertz CT molecular complexity index is 171. The van der Waals surface area contributed by atoms with Crippen LogP contribution in [0.5, 0.6) is 0 Å². The second-order valence-corrected chi connectivity index (χ2v) is 1.82. The van der Waals surface area contributed by atoms with Crippen LogP contribution in [-0.2, 0) is 0 Å². The first-order valence-corrected chi connectivity index (χ1v) is 2.84. The quantitative estimate of drug-likeness (QED) is 0.332. The minimum absolute atomic E-state index is 0.162. The summed E-state index contributed by atoms with van der Waals surface area (Å²) in [6.07, 6.45) is 1.68. The van der Waals surface area contributed by atoms with Crippen LogP contribution in [0.3, 0.4) is 0 Å². The molecule has 0 amide bonds. The topological polar surface area (TPSA) is 66.9 Å². The van der Waals surface area contributed by atoms with Crippen molar-refractivity contribution in [3.8, 4) is 6.07 Å². The molecule has 10 heavy (non-hydrogen) atoms. The van der Waals surface area contributed by atoms with E-state index in [2.05, 4.69) is 6.58 Å². The first-order chi connectivity index (χ1) is 4.70. The Hall–Kier alpha value is -1.37. The lowest BCUT2D eigenvalue weighted by atomic mass is 10.1. The van der Waals surface area contributed by atoms with Crippen LogP contribution in [0, 0.1) is 27.4 Å². The van der Waals surface area contributed by atoms with Gasteiger partial charge in [-0.3, -0.25) is 10.1 Å². The van der Waals surface area contributed by atoms with Crippen LogP contribution < -0.4 is 0 Å². The Labute approximate surface area is 58.9 Å². The van der Waals surface area contributed by atoms with E-state index >= 15 is 0 Å². The molecule has 0 aromatic rings. The summed E-state index contributed by atoms with van der Waals surface area (Å²) < 4.78 is 0. The van der Waals surface area contributed by atoms with Gasteiger partial charge in [-0.15, -0.1) is 6.58 Å². The van der Waals surface area contributed by atoms with Crippen LogP contribution in [0.2, 0.25) is 0 Å². The maximum Gasteiger partial charge on any atom is 0.205 e. The molecular formula is C6H8N2O2. The van der Waals surface area contributed by atoms with Gasteiger partial charge in [0.15, 0.2) is 0 Å². The van der Waals surface area contributed by atoms with Gasteiger partial charge >= 0.3 is 0 Å². The third-order valence-corrected chi connectivity index (χ3v) is 1.07. The molecule has 4 nitrogen and oxygen atoms in total. The highest BCUT2D eigenvalue weighted by Gasteiger charge is 2.05. The molecule has 0 heterocycles. The van der Waals surface area contributed by atoms with Crippen LogP contribution >= 0.6 is 0 Å². The molecule has 4 heteroatoms. The van der Waals surface area contributed by atoms with Crippen molar-refractivity contribution in [3.05, 3.63) is 22.8 Å². The molecule has 0 aliphatic rings. The molecule has 1 atom stereocenters. The fourth-order valence-corrected chi connectivity index (χ4v) is 0.480. The van der Waals surface area contributed by atoms with Crippen molar-refractivity contribution < 1.29 is 4.92 Å². The SMILES string of the molecule is C=CC(C#N)CC[N+](=O)[O-]. The highest BCUT2D eigenvalue weighted by atomic mass is 16.6. The summed E-state index contributed by atoms with van der Waals surface area (Å²) >= 11 is 0. The van der Waals surface area contributed by atoms with E-state index in [-0.39, 0.29) is 18.9 Å². The fourth-order valence-electron chi connectivity index (χ4n) is 0.480. The molecule has 0 aliphatic carbocycles. The lowest BCUT2D eigenvalue weighted by Crippen LogP contribution is -2.05. The van der Waals surface area contributed by atoms with E-state index < -0.39 is 4.92 Å². The van der Waals surface area contributed by atoms with Gasteiger partial charge in [-0.2, -0.15) is 5.26 Å². The monoisotopic (exact) mass is 140 g/mol. The molecule has 0 rings (SSSR count). The standard InChI is InChI=1S/C6H8N2O2/c1-2-6(5-7)3-4-8(9)10/h2,6H,1,3-4H2. The molecule has 0 aromatic heterocycles. The van der Waals surface area contributed by atoms with Crippen LogP contribution in [0.1, 0.15) is 6.42 Å². The van der Waals surface area contributed by atoms with Gasteiger partial charge in [-0.05, 0) is 0 Å². The van der Waals surface area contributed by atoms with Gasteiger partial charge in [0.2, 0.25) is 6.54 Å². The lowest BCUT2D eigenvalue weighted by Gasteiger charge is -1.95. The molecule has 1 unspecified atom stereocenters. The van der Waals surface area contributed by atoms with E-state index in [1.807, 2.05) is 6.07 Å². The summed E-state index contributed by atoms with van der Waals surface area (Å²) in [7, 11) is 0. The van der Waals surface area contributed by atoms with Crippen LogP contribution in [0.4, 0.5) is 0 Å². The molecule has 0 saturated carbocycles. The maximum absolute atomic E-state index is 9.80. The zero-order valence-electron chi connectivity index (χ0n) is 5.49. The zero-order valence-corrected chi connectivity index (χ0v) is 5.49. The van der Waals surface area contributed by atoms with Gasteiger partial charge in [0.05, 0.1) is 12.0 Å². The highest BCUT2D eigenvalue weighted by molar-refractivity contribution is 4.94. The smallest absolute Gasteiger partial charge is 0.205 e. The summed E-state index contributed by atoms with van der Waals surface area (Å²) in [4.78, 5) is 9.36. The molecule has 0 aromatic carbocycles. The summed E-state index contributed by atoms with van der Waals surface area (Å²) in [5.74, 6) is -0.384. The number of nitrogens with zero attached hydrogens (tertiary/aromatic N) is 2. The third-order valence-electron chi connectivity index (χ3n) is 1.07. The van der Waals surface area contributed by atoms with Crippen molar-refractivity contribution in [1.82, 2.24) is 0 Å². The van der Waals surface area contributed by atoms with Gasteiger partial charge in [-0.25, -0.2) is 0 Å². The minimum atomic E-state index is -0.437. The van der Waals surface area contributed by atoms with E-state index in [0.29, 0.717) is 0 Å². The Morgan fingerprint density at radius 1 is 1.90 bits per heavy atom. The summed E-state index contributed by atoms with van der Waals surface area (Å²) in [6.45, 7) is 3.20. The van der Waals surface area contributed by atoms with E-state index in [1.54, 1.807) is 0 Å². The summed E-state index contributed by atoms with van der Waals surface area (Å²) in [6, 6.07) is 1.88. The van der Waals surface area contributed by atoms with E-state index in [4.69, 9.17) is 5.26 Å². The van der Waals surface area contributed by atoms with Crippen molar-refractivity contribution >= 4 is 0 Å². The predicted molar refractivity (Wildman–Crippen MR) is 35.8 cm³/mol. The number of nitro groups is 1. The molecule has 0 spiro atoms. The molecule has 0 radical (unpaired) electrons. The first kappa shape index (κ1) is 8.63. The predicted octanol–water partition coefficient (Wildman–Crippen LogP) is 0.979. The van der Waals surface area contributed by atoms with E-state index in [9.17, 15) is 10.1 Å². The van der Waals surface area contributed by atoms with Crippen molar-refractivity contribution in [2.24, 2.45) is 5.92 Å². The van der Waals surface area contributed by atoms with E-state index in [0.717, 1.165) is 0 Å². The normalized spacial score (nSPS) is 11.5. The molecule has 0 N–H and O–H groups in total. The minimum Gasteiger partial charge on any atom is -0.265 e. The second-order valence-electron chi connectivity index (χ2n) is 1.82. The molecule has 0 saturated heterocycles. The number of allylic oxidation sites excluding steroid dienone is 1. The summed E-state index contributed by atoms with van der Waals surface area (Å²) in [5, 5.41) is 18.1. The first-order valence-electron chi connectivity index (χ1n) is 2.84. The number of nitriles is 1. The van der Waals surface area contributed by atoms with Gasteiger partial charge in [0.1, 0.15) is 0 Å². The molecular weight excluding hydrogens is 132 g/mol. The Morgan fingerprint density at radius 3 is 2.80 bits per heavy atom. The highest BCUT2D eigenvalue weighted by Crippen LogP contribution is 2.00. The fraction of sp³-hybridized carbons (Fsp3) is 0.500. The van der Waals surface area contributed by atoms with Gasteiger partial charge < -0.3 is 0 Å². The molecule has 0 bridgehead atoms. The maximum atomic E-state index is 9.80. The average Bonchev–Trinajstić information content (AvgIpc) is 1.90. The van der Waals surface area contributed by atoms with Crippen LogP contribution in [0.25, 0.3) is 0 Å². The number of hydrogen-bond donors (Lipinski definition) is 0. The zero-order chi connectivity index (χ0) is 7.98. The Morgan fingerprint density at radius 2 is 2.50 bits per heavy atom. The van der Waals surface area contributed by atoms with Crippen molar-refractivity contribution in [3.63, 3.8) is 0 Å². The Kier molecular flexibility index (Phi) is 3.89. The van der Waals surface area contributed by atoms with Crippen molar-refractivity contribution in [2.75, 3.05) is 6.54 Å². The van der Waals surface area contributed by atoms with Gasteiger partial charge in [0, 0.05) is 11.3 Å². The Balaban J connectivity index is 3.57. The van der Waals surface area contributed by atoms with E-state index in [1.165, 1.54) is 6.08 Å².